The van der Waals surface area contributed by atoms with Crippen LogP contribution in [-0.4, -0.2) is 41.9 Å². The van der Waals surface area contributed by atoms with Crippen LogP contribution in [0.2, 0.25) is 0 Å². The molecule has 2 rings (SSSR count). The summed E-state index contributed by atoms with van der Waals surface area (Å²) < 4.78 is 38.7. The van der Waals surface area contributed by atoms with Gasteiger partial charge in [0.25, 0.3) is 11.6 Å². The molecule has 1 fully saturated rings. The second kappa shape index (κ2) is 7.38. The van der Waals surface area contributed by atoms with Crippen molar-refractivity contribution in [1.29, 1.82) is 0 Å². The van der Waals surface area contributed by atoms with Gasteiger partial charge in [-0.1, -0.05) is 0 Å². The molecule has 1 aliphatic carbocycles. The van der Waals surface area contributed by atoms with Crippen molar-refractivity contribution in [2.24, 2.45) is 0 Å². The number of halogens is 3. The number of nitrogens with one attached hydrogen (secondary N) is 1. The van der Waals surface area contributed by atoms with Crippen LogP contribution in [0.25, 0.3) is 0 Å². The minimum Gasteiger partial charge on any atom is -0.349 e. The van der Waals surface area contributed by atoms with Crippen LogP contribution in [0.4, 0.5) is 18.9 Å². The zero-order chi connectivity index (χ0) is 18.8. The molecule has 25 heavy (non-hydrogen) atoms. The topological polar surface area (TPSA) is 75.5 Å². The molecule has 0 unspecified atom stereocenters. The van der Waals surface area contributed by atoms with Crippen molar-refractivity contribution in [3.8, 4) is 0 Å². The Hall–Kier alpha value is -2.16. The van der Waals surface area contributed by atoms with Gasteiger partial charge in [0.15, 0.2) is 0 Å². The van der Waals surface area contributed by atoms with Crippen molar-refractivity contribution in [2.75, 3.05) is 14.1 Å². The van der Waals surface area contributed by atoms with Crippen LogP contribution in [0.5, 0.6) is 0 Å². The van der Waals surface area contributed by atoms with Gasteiger partial charge in [-0.25, -0.2) is 0 Å². The lowest BCUT2D eigenvalue weighted by Crippen LogP contribution is -2.41. The van der Waals surface area contributed by atoms with Crippen LogP contribution >= 0.6 is 0 Å². The molecule has 138 valence electrons. The lowest BCUT2D eigenvalue weighted by Gasteiger charge is -2.33. The van der Waals surface area contributed by atoms with E-state index in [4.69, 9.17) is 0 Å². The first kappa shape index (κ1) is 19.2. The summed E-state index contributed by atoms with van der Waals surface area (Å²) in [7, 11) is 3.96. The summed E-state index contributed by atoms with van der Waals surface area (Å²) >= 11 is 0. The van der Waals surface area contributed by atoms with Gasteiger partial charge in [-0.05, 0) is 45.8 Å². The molecule has 0 radical (unpaired) electrons. The van der Waals surface area contributed by atoms with E-state index in [0.717, 1.165) is 31.7 Å². The molecule has 0 heterocycles. The second-order valence-corrected chi connectivity index (χ2v) is 6.47. The van der Waals surface area contributed by atoms with Crippen LogP contribution in [0.1, 0.15) is 41.6 Å². The van der Waals surface area contributed by atoms with E-state index in [9.17, 15) is 28.1 Å². The summed E-state index contributed by atoms with van der Waals surface area (Å²) in [5.74, 6) is -0.720. The molecule has 0 aromatic heterocycles. The number of non-ortho nitro benzene ring substituents is 1. The lowest BCUT2D eigenvalue weighted by atomic mass is 9.90. The minimum atomic E-state index is -4.76. The van der Waals surface area contributed by atoms with Gasteiger partial charge in [-0.15, -0.1) is 0 Å². The summed E-state index contributed by atoms with van der Waals surface area (Å²) in [5, 5.41) is 13.5. The first-order chi connectivity index (χ1) is 11.6. The number of carbonyl (C=O) groups excluding carboxylic acids is 1. The van der Waals surface area contributed by atoms with E-state index >= 15 is 0 Å². The normalized spacial score (nSPS) is 21.2. The molecular formula is C16H20F3N3O3. The molecule has 6 nitrogen and oxygen atoms in total. The fraction of sp³-hybridized carbons (Fsp3) is 0.562. The summed E-state index contributed by atoms with van der Waals surface area (Å²) in [6, 6.07) is 2.23. The monoisotopic (exact) mass is 359 g/mol. The minimum absolute atomic E-state index is 0.141. The summed E-state index contributed by atoms with van der Waals surface area (Å²) in [4.78, 5) is 24.3. The number of nitro benzene ring substituents is 1. The zero-order valence-corrected chi connectivity index (χ0v) is 14.0. The van der Waals surface area contributed by atoms with E-state index in [1.807, 2.05) is 14.1 Å². The van der Waals surface area contributed by atoms with Crippen molar-refractivity contribution >= 4 is 11.6 Å². The van der Waals surface area contributed by atoms with E-state index in [-0.39, 0.29) is 11.6 Å². The quantitative estimate of drug-likeness (QED) is 0.662. The highest BCUT2D eigenvalue weighted by molar-refractivity contribution is 5.95. The number of benzene rings is 1. The van der Waals surface area contributed by atoms with Crippen LogP contribution in [0, 0.1) is 10.1 Å². The van der Waals surface area contributed by atoms with Crippen LogP contribution in [0.15, 0.2) is 18.2 Å². The molecule has 1 amide bonds. The highest BCUT2D eigenvalue weighted by Crippen LogP contribution is 2.32. The molecule has 0 saturated heterocycles. The average molecular weight is 359 g/mol. The van der Waals surface area contributed by atoms with Gasteiger partial charge in [-0.2, -0.15) is 13.2 Å². The zero-order valence-electron chi connectivity index (χ0n) is 14.0. The third-order valence-corrected chi connectivity index (χ3v) is 4.48. The average Bonchev–Trinajstić information content (AvgIpc) is 2.54. The van der Waals surface area contributed by atoms with Gasteiger partial charge in [0.2, 0.25) is 0 Å². The molecule has 0 spiro atoms. The SMILES string of the molecule is CN(C)[C@H]1CC[C@H](NC(=O)c2cc([N+](=O)[O-])cc(C(F)(F)F)c2)CC1. The van der Waals surface area contributed by atoms with Crippen molar-refractivity contribution in [2.45, 2.75) is 43.9 Å². The Morgan fingerprint density at radius 1 is 1.20 bits per heavy atom. The van der Waals surface area contributed by atoms with E-state index in [2.05, 4.69) is 10.2 Å². The van der Waals surface area contributed by atoms with E-state index in [1.165, 1.54) is 0 Å². The molecule has 9 heteroatoms. The Morgan fingerprint density at radius 2 is 1.80 bits per heavy atom. The highest BCUT2D eigenvalue weighted by Gasteiger charge is 2.34. The number of hydrogen-bond acceptors (Lipinski definition) is 4. The molecule has 1 aromatic rings. The maximum atomic E-state index is 12.9. The maximum Gasteiger partial charge on any atom is 0.416 e. The van der Waals surface area contributed by atoms with Crippen molar-refractivity contribution in [1.82, 2.24) is 10.2 Å². The number of nitrogens with zero attached hydrogens (tertiary/aromatic N) is 2. The smallest absolute Gasteiger partial charge is 0.349 e. The first-order valence-electron chi connectivity index (χ1n) is 7.92. The Kier molecular flexibility index (Phi) is 5.66. The Balaban J connectivity index is 2.14. The Bertz CT molecular complexity index is 654. The molecule has 0 bridgehead atoms. The van der Waals surface area contributed by atoms with Gasteiger partial charge < -0.3 is 10.2 Å². The molecule has 1 N–H and O–H groups in total. The fourth-order valence-corrected chi connectivity index (χ4v) is 3.02. The summed E-state index contributed by atoms with van der Waals surface area (Å²) in [6.45, 7) is 0. The number of alkyl halides is 3. The summed E-state index contributed by atoms with van der Waals surface area (Å²) in [6.07, 6.45) is -1.57. The van der Waals surface area contributed by atoms with Crippen molar-refractivity contribution in [3.63, 3.8) is 0 Å². The predicted octanol–water partition coefficient (Wildman–Crippen LogP) is 3.22. The molecule has 1 aliphatic rings. The second-order valence-electron chi connectivity index (χ2n) is 6.47. The van der Waals surface area contributed by atoms with E-state index < -0.39 is 28.3 Å². The van der Waals surface area contributed by atoms with E-state index in [0.29, 0.717) is 18.2 Å². The number of nitro groups is 1. The van der Waals surface area contributed by atoms with Gasteiger partial charge >= 0.3 is 6.18 Å². The third-order valence-electron chi connectivity index (χ3n) is 4.48. The Labute approximate surface area is 143 Å². The first-order valence-corrected chi connectivity index (χ1v) is 7.92. The number of rotatable bonds is 4. The van der Waals surface area contributed by atoms with E-state index in [1.54, 1.807) is 0 Å². The summed E-state index contributed by atoms with van der Waals surface area (Å²) in [5.41, 5.74) is -2.31. The highest BCUT2D eigenvalue weighted by atomic mass is 19.4. The third kappa shape index (κ3) is 4.91. The fourth-order valence-electron chi connectivity index (χ4n) is 3.02. The molecule has 0 atom stereocenters. The van der Waals surface area contributed by atoms with Crippen LogP contribution < -0.4 is 5.32 Å². The number of amides is 1. The largest absolute Gasteiger partial charge is 0.416 e. The molecular weight excluding hydrogens is 339 g/mol. The predicted molar refractivity (Wildman–Crippen MR) is 85.3 cm³/mol. The number of hydrogen-bond donors (Lipinski definition) is 1. The molecule has 0 aliphatic heterocycles. The van der Waals surface area contributed by atoms with Crippen molar-refractivity contribution in [3.05, 3.63) is 39.4 Å². The standard InChI is InChI=1S/C16H20F3N3O3/c1-21(2)13-5-3-12(4-6-13)20-15(23)10-7-11(16(17,18)19)9-14(8-10)22(24)25/h7-9,12-13H,3-6H2,1-2H3,(H,20,23)/t12-,13-. The van der Waals surface area contributed by atoms with Gasteiger partial charge in [0.1, 0.15) is 0 Å². The van der Waals surface area contributed by atoms with Crippen LogP contribution in [0.3, 0.4) is 0 Å². The van der Waals surface area contributed by atoms with Crippen LogP contribution in [-0.2, 0) is 6.18 Å². The van der Waals surface area contributed by atoms with Gasteiger partial charge in [-0.3, -0.25) is 14.9 Å². The maximum absolute atomic E-state index is 12.9. The van der Waals surface area contributed by atoms with Crippen molar-refractivity contribution < 1.29 is 22.9 Å². The number of carbonyl (C=O) groups is 1. The lowest BCUT2D eigenvalue weighted by molar-refractivity contribution is -0.385. The molecule has 1 saturated carbocycles. The molecule has 1 aromatic carbocycles. The Morgan fingerprint density at radius 3 is 2.28 bits per heavy atom. The van der Waals surface area contributed by atoms with Gasteiger partial charge in [0, 0.05) is 29.8 Å². The van der Waals surface area contributed by atoms with Gasteiger partial charge in [0.05, 0.1) is 10.5 Å².